The molecule has 0 radical (unpaired) electrons. The highest BCUT2D eigenvalue weighted by Crippen LogP contribution is 2.20. The van der Waals surface area contributed by atoms with Crippen molar-refractivity contribution in [2.45, 2.75) is 13.8 Å². The smallest absolute Gasteiger partial charge is 0.202 e. The number of fused-ring (bicyclic) bond motifs is 1. The van der Waals surface area contributed by atoms with Crippen LogP contribution >= 0.6 is 0 Å². The molecule has 0 aliphatic rings. The van der Waals surface area contributed by atoms with E-state index in [1.807, 2.05) is 61.9 Å². The summed E-state index contributed by atoms with van der Waals surface area (Å²) in [7, 11) is 1.96. The van der Waals surface area contributed by atoms with Gasteiger partial charge in [0.2, 0.25) is 5.78 Å². The molecule has 3 rings (SSSR count). The maximum absolute atomic E-state index is 12.3. The molecule has 4 nitrogen and oxygen atoms in total. The van der Waals surface area contributed by atoms with Crippen molar-refractivity contribution in [3.63, 3.8) is 0 Å². The van der Waals surface area contributed by atoms with E-state index in [-0.39, 0.29) is 12.4 Å². The molecule has 0 aliphatic carbocycles. The van der Waals surface area contributed by atoms with Gasteiger partial charge in [-0.2, -0.15) is 0 Å². The van der Waals surface area contributed by atoms with Gasteiger partial charge in [0.15, 0.2) is 6.61 Å². The first-order valence-electron chi connectivity index (χ1n) is 7.20. The van der Waals surface area contributed by atoms with Crippen LogP contribution in [0.15, 0.2) is 42.6 Å². The fourth-order valence-electron chi connectivity index (χ4n) is 2.51. The van der Waals surface area contributed by atoms with Crippen molar-refractivity contribution in [2.75, 3.05) is 6.61 Å². The van der Waals surface area contributed by atoms with Crippen molar-refractivity contribution in [3.05, 3.63) is 59.5 Å². The molecule has 0 saturated carbocycles. The average Bonchev–Trinajstić information content (AvgIpc) is 2.80. The van der Waals surface area contributed by atoms with E-state index in [4.69, 9.17) is 4.74 Å². The summed E-state index contributed by atoms with van der Waals surface area (Å²) < 4.78 is 7.66. The van der Waals surface area contributed by atoms with Crippen molar-refractivity contribution in [2.24, 2.45) is 7.05 Å². The van der Waals surface area contributed by atoms with Crippen LogP contribution in [0.25, 0.3) is 10.9 Å². The predicted octanol–water partition coefficient (Wildman–Crippen LogP) is 3.45. The van der Waals surface area contributed by atoms with Gasteiger partial charge in [-0.1, -0.05) is 6.07 Å². The SMILES string of the molecule is Cc1cc(C(=O)COc2ccc3ncccc3c2)c(C)n1C. The maximum atomic E-state index is 12.3. The van der Waals surface area contributed by atoms with E-state index in [1.165, 1.54) is 0 Å². The first kappa shape index (κ1) is 14.3. The average molecular weight is 294 g/mol. The normalized spacial score (nSPS) is 10.9. The van der Waals surface area contributed by atoms with Gasteiger partial charge in [0.25, 0.3) is 0 Å². The van der Waals surface area contributed by atoms with Gasteiger partial charge < -0.3 is 9.30 Å². The molecule has 0 amide bonds. The standard InChI is InChI=1S/C18H18N2O2/c1-12-9-16(13(2)20(12)3)18(21)11-22-15-6-7-17-14(10-15)5-4-8-19-17/h4-10H,11H2,1-3H3. The number of Topliss-reactive ketones (excluding diaryl/α,β-unsaturated/α-hetero) is 1. The van der Waals surface area contributed by atoms with Gasteiger partial charge in [0.05, 0.1) is 5.52 Å². The number of benzene rings is 1. The van der Waals surface area contributed by atoms with Crippen molar-refractivity contribution >= 4 is 16.7 Å². The summed E-state index contributed by atoms with van der Waals surface area (Å²) in [6.45, 7) is 3.97. The summed E-state index contributed by atoms with van der Waals surface area (Å²) in [4.78, 5) is 16.6. The highest BCUT2D eigenvalue weighted by Gasteiger charge is 2.14. The summed E-state index contributed by atoms with van der Waals surface area (Å²) in [5.41, 5.74) is 3.67. The van der Waals surface area contributed by atoms with Gasteiger partial charge in [0, 0.05) is 35.6 Å². The number of ketones is 1. The Morgan fingerprint density at radius 2 is 2.05 bits per heavy atom. The van der Waals surface area contributed by atoms with Crippen molar-refractivity contribution in [3.8, 4) is 5.75 Å². The third-order valence-electron chi connectivity index (χ3n) is 4.02. The van der Waals surface area contributed by atoms with Crippen LogP contribution in [0.4, 0.5) is 0 Å². The Morgan fingerprint density at radius 1 is 1.23 bits per heavy atom. The summed E-state index contributed by atoms with van der Waals surface area (Å²) in [5, 5.41) is 0.999. The van der Waals surface area contributed by atoms with E-state index in [0.29, 0.717) is 5.75 Å². The molecule has 0 N–H and O–H groups in total. The van der Waals surface area contributed by atoms with E-state index in [9.17, 15) is 4.79 Å². The highest BCUT2D eigenvalue weighted by molar-refractivity contribution is 5.98. The fourth-order valence-corrected chi connectivity index (χ4v) is 2.51. The second-order valence-electron chi connectivity index (χ2n) is 5.41. The monoisotopic (exact) mass is 294 g/mol. The number of pyridine rings is 1. The Bertz CT molecular complexity index is 849. The number of nitrogens with zero attached hydrogens (tertiary/aromatic N) is 2. The molecular weight excluding hydrogens is 276 g/mol. The first-order chi connectivity index (χ1) is 10.6. The molecule has 0 spiro atoms. The van der Waals surface area contributed by atoms with Crippen LogP contribution in [0, 0.1) is 13.8 Å². The molecule has 0 unspecified atom stereocenters. The van der Waals surface area contributed by atoms with Crippen LogP contribution < -0.4 is 4.74 Å². The van der Waals surface area contributed by atoms with E-state index in [1.54, 1.807) is 6.20 Å². The minimum Gasteiger partial charge on any atom is -0.485 e. The summed E-state index contributed by atoms with van der Waals surface area (Å²) in [6, 6.07) is 11.4. The minimum atomic E-state index is -0.00696. The molecule has 0 saturated heterocycles. The van der Waals surface area contributed by atoms with Gasteiger partial charge in [0.1, 0.15) is 5.75 Å². The second-order valence-corrected chi connectivity index (χ2v) is 5.41. The molecule has 0 fully saturated rings. The van der Waals surface area contributed by atoms with Crippen LogP contribution in [0.1, 0.15) is 21.7 Å². The van der Waals surface area contributed by atoms with Gasteiger partial charge in [-0.05, 0) is 44.2 Å². The lowest BCUT2D eigenvalue weighted by atomic mass is 10.1. The van der Waals surface area contributed by atoms with Gasteiger partial charge in [-0.25, -0.2) is 0 Å². The number of aromatic nitrogens is 2. The largest absolute Gasteiger partial charge is 0.485 e. The molecule has 3 aromatic rings. The maximum Gasteiger partial charge on any atom is 0.202 e. The molecule has 112 valence electrons. The van der Waals surface area contributed by atoms with Crippen LogP contribution in [-0.2, 0) is 7.05 Å². The first-order valence-corrected chi connectivity index (χ1v) is 7.20. The van der Waals surface area contributed by atoms with Gasteiger partial charge in [-0.3, -0.25) is 9.78 Å². The predicted molar refractivity (Wildman–Crippen MR) is 86.5 cm³/mol. The Kier molecular flexibility index (Phi) is 3.67. The van der Waals surface area contributed by atoms with Crippen molar-refractivity contribution in [1.82, 2.24) is 9.55 Å². The zero-order chi connectivity index (χ0) is 15.7. The Hall–Kier alpha value is -2.62. The molecule has 0 atom stereocenters. The lowest BCUT2D eigenvalue weighted by Crippen LogP contribution is -2.12. The van der Waals surface area contributed by atoms with Crippen LogP contribution in [0.2, 0.25) is 0 Å². The number of hydrogen-bond acceptors (Lipinski definition) is 3. The van der Waals surface area contributed by atoms with Crippen molar-refractivity contribution < 1.29 is 9.53 Å². The zero-order valence-corrected chi connectivity index (χ0v) is 13.0. The molecule has 1 aromatic carbocycles. The molecule has 2 aromatic heterocycles. The van der Waals surface area contributed by atoms with E-state index < -0.39 is 0 Å². The van der Waals surface area contributed by atoms with Crippen LogP contribution in [-0.4, -0.2) is 21.9 Å². The van der Waals surface area contributed by atoms with E-state index >= 15 is 0 Å². The van der Waals surface area contributed by atoms with Crippen LogP contribution in [0.3, 0.4) is 0 Å². The lowest BCUT2D eigenvalue weighted by molar-refractivity contribution is 0.0921. The quantitative estimate of drug-likeness (QED) is 0.692. The summed E-state index contributed by atoms with van der Waals surface area (Å²) in [5.74, 6) is 0.673. The summed E-state index contributed by atoms with van der Waals surface area (Å²) in [6.07, 6.45) is 1.76. The summed E-state index contributed by atoms with van der Waals surface area (Å²) >= 11 is 0. The Balaban J connectivity index is 1.75. The number of carbonyl (C=O) groups is 1. The van der Waals surface area contributed by atoms with Crippen LogP contribution in [0.5, 0.6) is 5.75 Å². The Morgan fingerprint density at radius 3 is 2.77 bits per heavy atom. The molecule has 2 heterocycles. The van der Waals surface area contributed by atoms with Gasteiger partial charge in [-0.15, -0.1) is 0 Å². The lowest BCUT2D eigenvalue weighted by Gasteiger charge is -2.07. The van der Waals surface area contributed by atoms with Crippen molar-refractivity contribution in [1.29, 1.82) is 0 Å². The number of rotatable bonds is 4. The topological polar surface area (TPSA) is 44.1 Å². The van der Waals surface area contributed by atoms with Gasteiger partial charge >= 0.3 is 0 Å². The number of carbonyl (C=O) groups excluding carboxylic acids is 1. The number of aryl methyl sites for hydroxylation is 1. The third kappa shape index (κ3) is 2.60. The fraction of sp³-hybridized carbons (Fsp3) is 0.222. The van der Waals surface area contributed by atoms with E-state index in [0.717, 1.165) is 27.9 Å². The highest BCUT2D eigenvalue weighted by atomic mass is 16.5. The zero-order valence-electron chi connectivity index (χ0n) is 13.0. The minimum absolute atomic E-state index is 0.00696. The molecule has 4 heteroatoms. The number of ether oxygens (including phenoxy) is 1. The molecule has 0 bridgehead atoms. The van der Waals surface area contributed by atoms with E-state index in [2.05, 4.69) is 4.98 Å². The number of hydrogen-bond donors (Lipinski definition) is 0. The molecular formula is C18H18N2O2. The molecule has 0 aliphatic heterocycles. The molecule has 22 heavy (non-hydrogen) atoms. The second kappa shape index (κ2) is 5.64. The Labute approximate surface area is 129 Å². The third-order valence-corrected chi connectivity index (χ3v) is 4.02.